The molecule has 2 aliphatic rings. The normalized spacial score (nSPS) is 30.5. The molecule has 3 heteroatoms. The van der Waals surface area contributed by atoms with Crippen molar-refractivity contribution in [2.75, 3.05) is 6.54 Å². The van der Waals surface area contributed by atoms with E-state index < -0.39 is 0 Å². The van der Waals surface area contributed by atoms with Gasteiger partial charge >= 0.3 is 0 Å². The maximum absolute atomic E-state index is 4.78. The average Bonchev–Trinajstić information content (AvgIpc) is 2.86. The summed E-state index contributed by atoms with van der Waals surface area (Å²) in [6, 6.07) is 1.17. The molecule has 0 radical (unpaired) electrons. The van der Waals surface area contributed by atoms with E-state index in [4.69, 9.17) is 4.98 Å². The lowest BCUT2D eigenvalue weighted by atomic mass is 10.1. The van der Waals surface area contributed by atoms with Gasteiger partial charge in [0.05, 0.1) is 11.7 Å². The van der Waals surface area contributed by atoms with E-state index in [0.717, 1.165) is 13.0 Å². The van der Waals surface area contributed by atoms with Gasteiger partial charge in [0.1, 0.15) is 5.82 Å². The highest BCUT2D eigenvalue weighted by Gasteiger charge is 2.23. The fourth-order valence-electron chi connectivity index (χ4n) is 2.82. The summed E-state index contributed by atoms with van der Waals surface area (Å²) in [5.41, 5.74) is 1.27. The number of aromatic nitrogens is 2. The lowest BCUT2D eigenvalue weighted by Crippen LogP contribution is -2.14. The van der Waals surface area contributed by atoms with Crippen LogP contribution in [0.15, 0.2) is 6.20 Å². The van der Waals surface area contributed by atoms with Crippen LogP contribution in [0.25, 0.3) is 0 Å². The van der Waals surface area contributed by atoms with E-state index in [-0.39, 0.29) is 0 Å². The third kappa shape index (κ3) is 1.59. The van der Waals surface area contributed by atoms with Gasteiger partial charge in [-0.1, -0.05) is 0 Å². The first-order valence-corrected chi connectivity index (χ1v) is 6.15. The van der Waals surface area contributed by atoms with Crippen molar-refractivity contribution < 1.29 is 0 Å². The molecular weight excluding hydrogens is 186 g/mol. The van der Waals surface area contributed by atoms with Crippen LogP contribution in [0.1, 0.15) is 56.2 Å². The largest absolute Gasteiger partial charge is 0.332 e. The Morgan fingerprint density at radius 1 is 1.40 bits per heavy atom. The summed E-state index contributed by atoms with van der Waals surface area (Å²) in [5.74, 6) is 1.30. The van der Waals surface area contributed by atoms with Gasteiger partial charge in [0.15, 0.2) is 0 Å². The van der Waals surface area contributed by atoms with Gasteiger partial charge < -0.3 is 9.88 Å². The Bertz CT molecular complexity index is 350. The van der Waals surface area contributed by atoms with Gasteiger partial charge in [-0.25, -0.2) is 4.98 Å². The van der Waals surface area contributed by atoms with Crippen LogP contribution in [-0.2, 0) is 6.42 Å². The van der Waals surface area contributed by atoms with Crippen LogP contribution in [0.3, 0.4) is 0 Å². The van der Waals surface area contributed by atoms with Crippen LogP contribution in [-0.4, -0.2) is 16.1 Å². The molecule has 0 amide bonds. The van der Waals surface area contributed by atoms with Gasteiger partial charge in [0.25, 0.3) is 0 Å². The Hall–Kier alpha value is -0.830. The van der Waals surface area contributed by atoms with Crippen molar-refractivity contribution in [1.82, 2.24) is 14.9 Å². The van der Waals surface area contributed by atoms with Crippen LogP contribution < -0.4 is 5.32 Å². The van der Waals surface area contributed by atoms with Crippen molar-refractivity contribution in [3.05, 3.63) is 17.7 Å². The Kier molecular flexibility index (Phi) is 2.28. The zero-order chi connectivity index (χ0) is 10.3. The molecule has 1 saturated heterocycles. The Morgan fingerprint density at radius 2 is 2.33 bits per heavy atom. The summed E-state index contributed by atoms with van der Waals surface area (Å²) >= 11 is 0. The maximum Gasteiger partial charge on any atom is 0.109 e. The summed E-state index contributed by atoms with van der Waals surface area (Å²) in [6.45, 7) is 3.46. The first-order valence-electron chi connectivity index (χ1n) is 6.15. The second-order valence-electron chi connectivity index (χ2n) is 4.88. The fourth-order valence-corrected chi connectivity index (χ4v) is 2.82. The number of aryl methyl sites for hydroxylation is 1. The molecule has 0 saturated carbocycles. The topological polar surface area (TPSA) is 29.9 Å². The Morgan fingerprint density at radius 3 is 3.07 bits per heavy atom. The number of imidazole rings is 1. The molecule has 0 spiro atoms. The third-order valence-corrected chi connectivity index (χ3v) is 3.74. The fraction of sp³-hybridized carbons (Fsp3) is 0.750. The summed E-state index contributed by atoms with van der Waals surface area (Å²) in [4.78, 5) is 4.78. The number of rotatable bonds is 1. The summed E-state index contributed by atoms with van der Waals surface area (Å²) < 4.78 is 2.39. The van der Waals surface area contributed by atoms with Gasteiger partial charge in [0, 0.05) is 18.7 Å². The van der Waals surface area contributed by atoms with Crippen molar-refractivity contribution in [1.29, 1.82) is 0 Å². The van der Waals surface area contributed by atoms with E-state index in [0.29, 0.717) is 12.1 Å². The molecule has 0 aliphatic carbocycles. The summed E-state index contributed by atoms with van der Waals surface area (Å²) in [7, 11) is 0. The predicted octanol–water partition coefficient (Wildman–Crippen LogP) is 2.20. The highest BCUT2D eigenvalue weighted by Crippen LogP contribution is 2.28. The number of hydrogen-bond acceptors (Lipinski definition) is 2. The summed E-state index contributed by atoms with van der Waals surface area (Å²) in [5, 5.41) is 3.52. The molecule has 1 aromatic heterocycles. The molecule has 82 valence electrons. The molecule has 3 nitrogen and oxygen atoms in total. The van der Waals surface area contributed by atoms with Crippen LogP contribution in [0, 0.1) is 0 Å². The molecule has 3 rings (SSSR count). The van der Waals surface area contributed by atoms with Gasteiger partial charge in [-0.3, -0.25) is 0 Å². The lowest BCUT2D eigenvalue weighted by Gasteiger charge is -2.20. The monoisotopic (exact) mass is 205 g/mol. The molecule has 1 fully saturated rings. The molecule has 1 N–H and O–H groups in total. The Balaban J connectivity index is 1.90. The van der Waals surface area contributed by atoms with Crippen molar-refractivity contribution in [3.63, 3.8) is 0 Å². The predicted molar refractivity (Wildman–Crippen MR) is 59.9 cm³/mol. The number of hydrogen-bond donors (Lipinski definition) is 1. The molecule has 2 atom stereocenters. The standard InChI is InChI=1S/C12H19N3/c1-9-4-2-6-12-14-11(8-15(9)12)10-5-3-7-13-10/h8-10,13H,2-7H2,1H3. The molecule has 0 bridgehead atoms. The molecular formula is C12H19N3. The quantitative estimate of drug-likeness (QED) is 0.761. The average molecular weight is 205 g/mol. The van der Waals surface area contributed by atoms with E-state index in [2.05, 4.69) is 23.0 Å². The number of fused-ring (bicyclic) bond motifs is 1. The minimum Gasteiger partial charge on any atom is -0.332 e. The first-order chi connectivity index (χ1) is 7.34. The van der Waals surface area contributed by atoms with Gasteiger partial charge in [-0.15, -0.1) is 0 Å². The minimum atomic E-state index is 0.523. The molecule has 2 aliphatic heterocycles. The highest BCUT2D eigenvalue weighted by atomic mass is 15.1. The van der Waals surface area contributed by atoms with E-state index in [1.54, 1.807) is 0 Å². The zero-order valence-electron chi connectivity index (χ0n) is 9.37. The SMILES string of the molecule is CC1CCCc2nc(C3CCCN3)cn21. The summed E-state index contributed by atoms with van der Waals surface area (Å²) in [6.07, 6.45) is 8.60. The first kappa shape index (κ1) is 9.40. The zero-order valence-corrected chi connectivity index (χ0v) is 9.37. The molecule has 1 aromatic rings. The van der Waals surface area contributed by atoms with Gasteiger partial charge in [-0.05, 0) is 39.2 Å². The smallest absolute Gasteiger partial charge is 0.109 e. The van der Waals surface area contributed by atoms with E-state index in [9.17, 15) is 0 Å². The van der Waals surface area contributed by atoms with Crippen LogP contribution >= 0.6 is 0 Å². The maximum atomic E-state index is 4.78. The molecule has 2 unspecified atom stereocenters. The molecule has 15 heavy (non-hydrogen) atoms. The van der Waals surface area contributed by atoms with Crippen LogP contribution in [0.5, 0.6) is 0 Å². The van der Waals surface area contributed by atoms with Crippen LogP contribution in [0.4, 0.5) is 0 Å². The second kappa shape index (κ2) is 3.63. The molecule has 0 aromatic carbocycles. The molecule has 3 heterocycles. The Labute approximate surface area is 90.9 Å². The number of nitrogens with zero attached hydrogens (tertiary/aromatic N) is 2. The third-order valence-electron chi connectivity index (χ3n) is 3.74. The minimum absolute atomic E-state index is 0.523. The van der Waals surface area contributed by atoms with Crippen LogP contribution in [0.2, 0.25) is 0 Å². The van der Waals surface area contributed by atoms with E-state index >= 15 is 0 Å². The van der Waals surface area contributed by atoms with Crippen molar-refractivity contribution >= 4 is 0 Å². The van der Waals surface area contributed by atoms with Gasteiger partial charge in [-0.2, -0.15) is 0 Å². The van der Waals surface area contributed by atoms with Crippen molar-refractivity contribution in [3.8, 4) is 0 Å². The lowest BCUT2D eigenvalue weighted by molar-refractivity contribution is 0.425. The van der Waals surface area contributed by atoms with E-state index in [1.165, 1.54) is 37.2 Å². The number of nitrogens with one attached hydrogen (secondary N) is 1. The van der Waals surface area contributed by atoms with Gasteiger partial charge in [0.2, 0.25) is 0 Å². The van der Waals surface area contributed by atoms with E-state index in [1.807, 2.05) is 0 Å². The van der Waals surface area contributed by atoms with Crippen molar-refractivity contribution in [2.24, 2.45) is 0 Å². The highest BCUT2D eigenvalue weighted by molar-refractivity contribution is 5.12. The van der Waals surface area contributed by atoms with Crippen molar-refractivity contribution in [2.45, 2.75) is 51.1 Å². The second-order valence-corrected chi connectivity index (χ2v) is 4.88.